The Morgan fingerprint density at radius 3 is 2.85 bits per heavy atom. The van der Waals surface area contributed by atoms with Crippen LogP contribution in [0.1, 0.15) is 60.3 Å². The third kappa shape index (κ3) is 2.74. The molecule has 0 bridgehead atoms. The van der Waals surface area contributed by atoms with Crippen LogP contribution in [0.15, 0.2) is 30.3 Å². The molecule has 2 N–H and O–H groups in total. The predicted molar refractivity (Wildman–Crippen MR) is 79.0 cm³/mol. The quantitative estimate of drug-likeness (QED) is 0.889. The van der Waals surface area contributed by atoms with Crippen LogP contribution in [0.5, 0.6) is 0 Å². The second-order valence-electron chi connectivity index (χ2n) is 5.72. The lowest BCUT2D eigenvalue weighted by atomic mass is 10.0. The van der Waals surface area contributed by atoms with E-state index in [0.29, 0.717) is 17.5 Å². The standard InChI is InChI=1S/C16H19N3O/c1-10(2)12-4-3-5-13(8-12)17-16(20)15-9-14(18-19-15)11-6-7-11/h3-5,8-11H,6-7H2,1-2H3,(H,17,20)(H,18,19). The molecule has 0 atom stereocenters. The first kappa shape index (κ1) is 12.9. The van der Waals surface area contributed by atoms with E-state index in [4.69, 9.17) is 0 Å². The summed E-state index contributed by atoms with van der Waals surface area (Å²) >= 11 is 0. The number of carbonyl (C=O) groups is 1. The summed E-state index contributed by atoms with van der Waals surface area (Å²) in [6.45, 7) is 4.27. The second kappa shape index (κ2) is 5.12. The van der Waals surface area contributed by atoms with Gasteiger partial charge in [-0.25, -0.2) is 0 Å². The molecule has 4 heteroatoms. The molecule has 1 heterocycles. The van der Waals surface area contributed by atoms with E-state index in [2.05, 4.69) is 35.4 Å². The van der Waals surface area contributed by atoms with E-state index in [1.165, 1.54) is 18.4 Å². The van der Waals surface area contributed by atoms with Gasteiger partial charge in [0.2, 0.25) is 0 Å². The van der Waals surface area contributed by atoms with Gasteiger partial charge in [0.25, 0.3) is 5.91 Å². The molecule has 1 aromatic carbocycles. The molecule has 1 aliphatic rings. The Bertz CT molecular complexity index is 626. The van der Waals surface area contributed by atoms with E-state index in [-0.39, 0.29) is 5.91 Å². The number of hydrogen-bond acceptors (Lipinski definition) is 2. The molecular formula is C16H19N3O. The Hall–Kier alpha value is -2.10. The van der Waals surface area contributed by atoms with Crippen LogP contribution in [0.3, 0.4) is 0 Å². The number of carbonyl (C=O) groups excluding carboxylic acids is 1. The molecule has 3 rings (SSSR count). The molecule has 2 aromatic rings. The number of amides is 1. The average molecular weight is 269 g/mol. The number of anilines is 1. The van der Waals surface area contributed by atoms with Crippen molar-refractivity contribution in [1.29, 1.82) is 0 Å². The molecule has 1 saturated carbocycles. The summed E-state index contributed by atoms with van der Waals surface area (Å²) in [6, 6.07) is 9.81. The van der Waals surface area contributed by atoms with E-state index >= 15 is 0 Å². The number of hydrogen-bond donors (Lipinski definition) is 2. The largest absolute Gasteiger partial charge is 0.321 e. The maximum Gasteiger partial charge on any atom is 0.276 e. The van der Waals surface area contributed by atoms with Crippen molar-refractivity contribution in [3.05, 3.63) is 47.3 Å². The monoisotopic (exact) mass is 269 g/mol. The molecule has 0 radical (unpaired) electrons. The van der Waals surface area contributed by atoms with Gasteiger partial charge in [-0.1, -0.05) is 26.0 Å². The molecule has 0 saturated heterocycles. The van der Waals surface area contributed by atoms with Gasteiger partial charge in [-0.15, -0.1) is 0 Å². The van der Waals surface area contributed by atoms with Gasteiger partial charge < -0.3 is 5.32 Å². The molecule has 1 amide bonds. The fraction of sp³-hybridized carbons (Fsp3) is 0.375. The van der Waals surface area contributed by atoms with Gasteiger partial charge in [-0.2, -0.15) is 5.10 Å². The summed E-state index contributed by atoms with van der Waals surface area (Å²) in [4.78, 5) is 12.2. The summed E-state index contributed by atoms with van der Waals surface area (Å²) in [6.07, 6.45) is 2.39. The van der Waals surface area contributed by atoms with E-state index in [1.54, 1.807) is 0 Å². The molecule has 0 spiro atoms. The van der Waals surface area contributed by atoms with Crippen LogP contribution in [0, 0.1) is 0 Å². The number of aromatic amines is 1. The number of aromatic nitrogens is 2. The van der Waals surface area contributed by atoms with Crippen LogP contribution >= 0.6 is 0 Å². The Kier molecular flexibility index (Phi) is 3.30. The molecule has 20 heavy (non-hydrogen) atoms. The predicted octanol–water partition coefficient (Wildman–Crippen LogP) is 3.66. The van der Waals surface area contributed by atoms with Crippen molar-refractivity contribution < 1.29 is 4.79 Å². The first-order chi connectivity index (χ1) is 9.63. The number of nitrogens with one attached hydrogen (secondary N) is 2. The highest BCUT2D eigenvalue weighted by atomic mass is 16.1. The van der Waals surface area contributed by atoms with Crippen molar-refractivity contribution >= 4 is 11.6 Å². The third-order valence-electron chi connectivity index (χ3n) is 3.66. The minimum Gasteiger partial charge on any atom is -0.321 e. The van der Waals surface area contributed by atoms with E-state index in [9.17, 15) is 4.79 Å². The molecule has 104 valence electrons. The van der Waals surface area contributed by atoms with Crippen molar-refractivity contribution in [2.45, 2.75) is 38.5 Å². The van der Waals surface area contributed by atoms with E-state index in [0.717, 1.165) is 11.4 Å². The highest BCUT2D eigenvalue weighted by Crippen LogP contribution is 2.39. The van der Waals surface area contributed by atoms with Crippen molar-refractivity contribution in [2.75, 3.05) is 5.32 Å². The van der Waals surface area contributed by atoms with Gasteiger partial charge in [-0.3, -0.25) is 9.89 Å². The summed E-state index contributed by atoms with van der Waals surface area (Å²) in [5.41, 5.74) is 3.56. The highest BCUT2D eigenvalue weighted by Gasteiger charge is 2.26. The van der Waals surface area contributed by atoms with Gasteiger partial charge in [0.05, 0.1) is 0 Å². The molecule has 1 fully saturated rings. The third-order valence-corrected chi connectivity index (χ3v) is 3.66. The maximum atomic E-state index is 12.2. The molecule has 4 nitrogen and oxygen atoms in total. The highest BCUT2D eigenvalue weighted by molar-refractivity contribution is 6.02. The summed E-state index contributed by atoms with van der Waals surface area (Å²) in [7, 11) is 0. The van der Waals surface area contributed by atoms with Crippen LogP contribution in [-0.4, -0.2) is 16.1 Å². The minimum atomic E-state index is -0.158. The van der Waals surface area contributed by atoms with Crippen molar-refractivity contribution in [3.8, 4) is 0 Å². The zero-order valence-corrected chi connectivity index (χ0v) is 11.8. The average Bonchev–Trinajstić information content (AvgIpc) is 3.16. The first-order valence-electron chi connectivity index (χ1n) is 7.10. The normalized spacial score (nSPS) is 14.6. The lowest BCUT2D eigenvalue weighted by molar-refractivity contribution is 0.102. The summed E-state index contributed by atoms with van der Waals surface area (Å²) < 4.78 is 0. The number of H-pyrrole nitrogens is 1. The zero-order chi connectivity index (χ0) is 14.1. The molecule has 1 aliphatic carbocycles. The topological polar surface area (TPSA) is 57.8 Å². The van der Waals surface area contributed by atoms with E-state index in [1.807, 2.05) is 24.3 Å². The Labute approximate surface area is 118 Å². The lowest BCUT2D eigenvalue weighted by Crippen LogP contribution is -2.12. The SMILES string of the molecule is CC(C)c1cccc(NC(=O)c2cc(C3CC3)[nH]n2)c1. The summed E-state index contributed by atoms with van der Waals surface area (Å²) in [5.74, 6) is 0.862. The molecule has 0 unspecified atom stereocenters. The number of nitrogens with zero attached hydrogens (tertiary/aromatic N) is 1. The maximum absolute atomic E-state index is 12.2. The van der Waals surface area contributed by atoms with E-state index < -0.39 is 0 Å². The molecule has 0 aliphatic heterocycles. The molecule has 1 aromatic heterocycles. The smallest absolute Gasteiger partial charge is 0.276 e. The summed E-state index contributed by atoms with van der Waals surface area (Å²) in [5, 5.41) is 9.95. The van der Waals surface area contributed by atoms with Gasteiger partial charge in [0, 0.05) is 17.3 Å². The van der Waals surface area contributed by atoms with Gasteiger partial charge >= 0.3 is 0 Å². The Morgan fingerprint density at radius 2 is 2.15 bits per heavy atom. The van der Waals surface area contributed by atoms with Crippen LogP contribution in [0.4, 0.5) is 5.69 Å². The minimum absolute atomic E-state index is 0.158. The number of rotatable bonds is 4. The van der Waals surface area contributed by atoms with Crippen molar-refractivity contribution in [1.82, 2.24) is 10.2 Å². The fourth-order valence-corrected chi connectivity index (χ4v) is 2.23. The molecular weight excluding hydrogens is 250 g/mol. The van der Waals surface area contributed by atoms with Crippen LogP contribution in [0.25, 0.3) is 0 Å². The Balaban J connectivity index is 1.72. The fourth-order valence-electron chi connectivity index (χ4n) is 2.23. The van der Waals surface area contributed by atoms with Gasteiger partial charge in [-0.05, 0) is 42.5 Å². The van der Waals surface area contributed by atoms with Crippen LogP contribution < -0.4 is 5.32 Å². The van der Waals surface area contributed by atoms with Crippen molar-refractivity contribution in [3.63, 3.8) is 0 Å². The first-order valence-corrected chi connectivity index (χ1v) is 7.10. The second-order valence-corrected chi connectivity index (χ2v) is 5.72. The van der Waals surface area contributed by atoms with Gasteiger partial charge in [0.15, 0.2) is 5.69 Å². The van der Waals surface area contributed by atoms with Gasteiger partial charge in [0.1, 0.15) is 0 Å². The Morgan fingerprint density at radius 1 is 1.35 bits per heavy atom. The van der Waals surface area contributed by atoms with Crippen LogP contribution in [0.2, 0.25) is 0 Å². The lowest BCUT2D eigenvalue weighted by Gasteiger charge is -2.08. The number of benzene rings is 1. The van der Waals surface area contributed by atoms with Crippen LogP contribution in [-0.2, 0) is 0 Å². The van der Waals surface area contributed by atoms with Crippen molar-refractivity contribution in [2.24, 2.45) is 0 Å². The zero-order valence-electron chi connectivity index (χ0n) is 11.8.